The van der Waals surface area contributed by atoms with Gasteiger partial charge in [0, 0.05) is 13.1 Å². The molecule has 1 unspecified atom stereocenters. The van der Waals surface area contributed by atoms with Crippen LogP contribution >= 0.6 is 11.8 Å². The van der Waals surface area contributed by atoms with Crippen LogP contribution in [-0.2, 0) is 17.8 Å². The first kappa shape index (κ1) is 18.0. The Morgan fingerprint density at radius 3 is 2.59 bits per heavy atom. The molecule has 0 saturated heterocycles. The van der Waals surface area contributed by atoms with Gasteiger partial charge in [-0.25, -0.2) is 4.98 Å². The van der Waals surface area contributed by atoms with E-state index in [-0.39, 0.29) is 11.1 Å². The first-order chi connectivity index (χ1) is 13.0. The second-order valence-corrected chi connectivity index (χ2v) is 7.88. The maximum absolute atomic E-state index is 13.6. The fourth-order valence-corrected chi connectivity index (χ4v) is 4.45. The van der Waals surface area contributed by atoms with Crippen LogP contribution in [0.2, 0.25) is 0 Å². The van der Waals surface area contributed by atoms with Crippen LogP contribution in [0, 0.1) is 0 Å². The van der Waals surface area contributed by atoms with Gasteiger partial charge in [0.1, 0.15) is 0 Å². The minimum Gasteiger partial charge on any atom is -0.337 e. The molecule has 2 heterocycles. The van der Waals surface area contributed by atoms with Crippen molar-refractivity contribution in [1.82, 2.24) is 14.5 Å². The zero-order valence-electron chi connectivity index (χ0n) is 14.8. The van der Waals surface area contributed by atoms with E-state index >= 15 is 0 Å². The molecule has 2 aromatic carbocycles. The quantitative estimate of drug-likeness (QED) is 0.619. The van der Waals surface area contributed by atoms with Gasteiger partial charge in [0.15, 0.2) is 5.16 Å². The fourth-order valence-electron chi connectivity index (χ4n) is 3.44. The number of carbonyl (C=O) groups excluding carboxylic acids is 1. The Kier molecular flexibility index (Phi) is 4.86. The second kappa shape index (κ2) is 7.31. The highest BCUT2D eigenvalue weighted by Crippen LogP contribution is 2.32. The number of benzene rings is 2. The van der Waals surface area contributed by atoms with Crippen molar-refractivity contribution in [2.75, 3.05) is 6.54 Å². The molecule has 1 atom stereocenters. The molecule has 4 rings (SSSR count). The molecule has 0 spiro atoms. The largest absolute Gasteiger partial charge is 0.337 e. The molecular formula is C20H19F2N3OS. The van der Waals surface area contributed by atoms with Gasteiger partial charge in [0.2, 0.25) is 5.91 Å². The Labute approximate surface area is 160 Å². The Bertz CT molecular complexity index is 988. The van der Waals surface area contributed by atoms with Crippen molar-refractivity contribution in [3.8, 4) is 0 Å². The first-order valence-corrected chi connectivity index (χ1v) is 9.70. The monoisotopic (exact) mass is 387 g/mol. The number of imidazole rings is 1. The highest BCUT2D eigenvalue weighted by atomic mass is 32.2. The van der Waals surface area contributed by atoms with E-state index < -0.39 is 11.8 Å². The predicted octanol–water partition coefficient (Wildman–Crippen LogP) is 4.50. The molecule has 27 heavy (non-hydrogen) atoms. The van der Waals surface area contributed by atoms with E-state index in [1.54, 1.807) is 36.1 Å². The zero-order valence-corrected chi connectivity index (χ0v) is 15.6. The summed E-state index contributed by atoms with van der Waals surface area (Å²) in [4.78, 5) is 19.0. The average Bonchev–Trinajstić information content (AvgIpc) is 3.04. The van der Waals surface area contributed by atoms with E-state index in [1.165, 1.54) is 5.56 Å². The molecule has 1 aromatic heterocycles. The summed E-state index contributed by atoms with van der Waals surface area (Å²) in [5.74, 6) is -0.0534. The normalized spacial score (nSPS) is 15.2. The third-order valence-electron chi connectivity index (χ3n) is 4.83. The number of alkyl halides is 2. The minimum atomic E-state index is -2.70. The highest BCUT2D eigenvalue weighted by Gasteiger charge is 2.28. The van der Waals surface area contributed by atoms with E-state index in [1.807, 2.05) is 18.2 Å². The number of aromatic nitrogens is 2. The summed E-state index contributed by atoms with van der Waals surface area (Å²) in [6.45, 7) is 0.254. The lowest BCUT2D eigenvalue weighted by molar-refractivity contribution is -0.131. The molecule has 0 N–H and O–H groups in total. The topological polar surface area (TPSA) is 38.1 Å². The van der Waals surface area contributed by atoms with E-state index in [2.05, 4.69) is 11.1 Å². The number of rotatable bonds is 4. The van der Waals surface area contributed by atoms with Gasteiger partial charge in [-0.05, 0) is 36.6 Å². The summed E-state index contributed by atoms with van der Waals surface area (Å²) in [5, 5.41) is -0.325. The lowest BCUT2D eigenvalue weighted by Crippen LogP contribution is -2.40. The predicted molar refractivity (Wildman–Crippen MR) is 102 cm³/mol. The summed E-state index contributed by atoms with van der Waals surface area (Å²) in [6.07, 6.45) is 0.814. The zero-order chi connectivity index (χ0) is 19.0. The van der Waals surface area contributed by atoms with Crippen molar-refractivity contribution in [2.45, 2.75) is 36.8 Å². The van der Waals surface area contributed by atoms with Crippen LogP contribution in [0.15, 0.2) is 53.7 Å². The van der Waals surface area contributed by atoms with Crippen molar-refractivity contribution < 1.29 is 13.6 Å². The summed E-state index contributed by atoms with van der Waals surface area (Å²) in [7, 11) is 0. The molecule has 1 aliphatic rings. The van der Waals surface area contributed by atoms with Crippen LogP contribution < -0.4 is 0 Å². The van der Waals surface area contributed by atoms with Gasteiger partial charge in [-0.3, -0.25) is 9.36 Å². The second-order valence-electron chi connectivity index (χ2n) is 6.57. The molecule has 0 saturated carbocycles. The molecule has 3 aromatic rings. The van der Waals surface area contributed by atoms with Gasteiger partial charge in [-0.2, -0.15) is 8.78 Å². The smallest absolute Gasteiger partial charge is 0.321 e. The average molecular weight is 387 g/mol. The number of nitrogens with zero attached hydrogens (tertiary/aromatic N) is 3. The lowest BCUT2D eigenvalue weighted by atomic mass is 10.00. The number of para-hydroxylation sites is 2. The van der Waals surface area contributed by atoms with Gasteiger partial charge in [-0.15, -0.1) is 0 Å². The molecule has 1 amide bonds. The van der Waals surface area contributed by atoms with Crippen LogP contribution in [0.5, 0.6) is 0 Å². The summed E-state index contributed by atoms with van der Waals surface area (Å²) < 4.78 is 28.1. The number of hydrogen-bond acceptors (Lipinski definition) is 3. The third kappa shape index (κ3) is 3.43. The minimum absolute atomic E-state index is 0.0534. The summed E-state index contributed by atoms with van der Waals surface area (Å²) >= 11 is 1.09. The number of carbonyl (C=O) groups is 1. The Morgan fingerprint density at radius 2 is 1.81 bits per heavy atom. The molecule has 7 heteroatoms. The number of fused-ring (bicyclic) bond motifs is 2. The van der Waals surface area contributed by atoms with E-state index in [4.69, 9.17) is 0 Å². The molecule has 140 valence electrons. The van der Waals surface area contributed by atoms with Gasteiger partial charge >= 0.3 is 6.55 Å². The molecule has 0 aliphatic carbocycles. The SMILES string of the molecule is CC(Sc1nc2ccccc2n1C(F)F)C(=O)N1CCc2ccccc2C1. The van der Waals surface area contributed by atoms with Gasteiger partial charge in [0.25, 0.3) is 0 Å². The molecular weight excluding hydrogens is 368 g/mol. The fraction of sp³-hybridized carbons (Fsp3) is 0.300. The van der Waals surface area contributed by atoms with Gasteiger partial charge in [0.05, 0.1) is 16.3 Å². The Hall–Kier alpha value is -2.41. The van der Waals surface area contributed by atoms with Crippen molar-refractivity contribution in [3.05, 3.63) is 59.7 Å². The summed E-state index contributed by atoms with van der Waals surface area (Å²) in [5.41, 5.74) is 3.30. The number of halogens is 2. The molecule has 1 aliphatic heterocycles. The lowest BCUT2D eigenvalue weighted by Gasteiger charge is -2.30. The van der Waals surface area contributed by atoms with Gasteiger partial charge < -0.3 is 4.90 Å². The van der Waals surface area contributed by atoms with Crippen molar-refractivity contribution in [2.24, 2.45) is 0 Å². The maximum atomic E-state index is 13.6. The molecule has 0 bridgehead atoms. The van der Waals surface area contributed by atoms with Crippen LogP contribution in [0.4, 0.5) is 8.78 Å². The van der Waals surface area contributed by atoms with E-state index in [9.17, 15) is 13.6 Å². The van der Waals surface area contributed by atoms with Crippen LogP contribution in [-0.4, -0.2) is 32.2 Å². The maximum Gasteiger partial charge on any atom is 0.321 e. The number of hydrogen-bond donors (Lipinski definition) is 0. The van der Waals surface area contributed by atoms with Crippen LogP contribution in [0.3, 0.4) is 0 Å². The van der Waals surface area contributed by atoms with Crippen molar-refractivity contribution in [3.63, 3.8) is 0 Å². The van der Waals surface area contributed by atoms with E-state index in [0.717, 1.165) is 28.3 Å². The van der Waals surface area contributed by atoms with Crippen LogP contribution in [0.1, 0.15) is 24.6 Å². The van der Waals surface area contributed by atoms with Crippen molar-refractivity contribution >= 4 is 28.7 Å². The number of thioether (sulfide) groups is 1. The Morgan fingerprint density at radius 1 is 1.11 bits per heavy atom. The highest BCUT2D eigenvalue weighted by molar-refractivity contribution is 8.00. The summed E-state index contributed by atoms with van der Waals surface area (Å²) in [6, 6.07) is 14.9. The molecule has 0 fully saturated rings. The molecule has 4 nitrogen and oxygen atoms in total. The molecule has 0 radical (unpaired) electrons. The van der Waals surface area contributed by atoms with Gasteiger partial charge in [-0.1, -0.05) is 48.2 Å². The standard InChI is InChI=1S/C20H19F2N3OS/c1-13(18(26)24-11-10-14-6-2-3-7-15(14)12-24)27-20-23-16-8-4-5-9-17(16)25(20)19(21)22/h2-9,13,19H,10-12H2,1H3. The van der Waals surface area contributed by atoms with Crippen LogP contribution in [0.25, 0.3) is 11.0 Å². The third-order valence-corrected chi connectivity index (χ3v) is 5.88. The Balaban J connectivity index is 1.54. The first-order valence-electron chi connectivity index (χ1n) is 8.82. The van der Waals surface area contributed by atoms with Crippen molar-refractivity contribution in [1.29, 1.82) is 0 Å². The van der Waals surface area contributed by atoms with E-state index in [0.29, 0.717) is 24.1 Å². The number of amides is 1.